The van der Waals surface area contributed by atoms with Gasteiger partial charge in [0.1, 0.15) is 35.3 Å². The molecule has 1 saturated heterocycles. The van der Waals surface area contributed by atoms with Gasteiger partial charge in [-0.15, -0.1) is 0 Å². The molecule has 6 N–H and O–H groups in total. The average Bonchev–Trinajstić information content (AvgIpc) is 2.85. The van der Waals surface area contributed by atoms with Crippen molar-refractivity contribution >= 4 is 12.0 Å². The molecule has 10 nitrogen and oxygen atoms in total. The molecule has 0 radical (unpaired) electrons. The normalized spacial score (nSPS) is 36.4. The number of aliphatic hydroxyl groups is 5. The monoisotopic (exact) mass is 536 g/mol. The maximum absolute atomic E-state index is 12.4. The Kier molecular flexibility index (Phi) is 9.41. The molecular weight excluding hydrogens is 496 g/mol. The van der Waals surface area contributed by atoms with Gasteiger partial charge < -0.3 is 44.8 Å². The van der Waals surface area contributed by atoms with Crippen LogP contribution in [0, 0.1) is 5.41 Å². The van der Waals surface area contributed by atoms with E-state index in [4.69, 9.17) is 14.2 Å². The van der Waals surface area contributed by atoms with Crippen LogP contribution in [0.2, 0.25) is 0 Å². The lowest BCUT2D eigenvalue weighted by molar-refractivity contribution is -0.352. The van der Waals surface area contributed by atoms with Crippen molar-refractivity contribution in [3.8, 4) is 5.75 Å². The highest BCUT2D eigenvalue weighted by atomic mass is 16.7. The van der Waals surface area contributed by atoms with Crippen LogP contribution in [0.4, 0.5) is 0 Å². The molecular formula is C28H40O10. The molecule has 1 saturated carbocycles. The smallest absolute Gasteiger partial charge is 0.331 e. The van der Waals surface area contributed by atoms with Crippen molar-refractivity contribution in [2.45, 2.75) is 95.0 Å². The van der Waals surface area contributed by atoms with E-state index in [-0.39, 0.29) is 5.75 Å². The number of hydrogen-bond donors (Lipinski definition) is 6. The molecule has 38 heavy (non-hydrogen) atoms. The number of phenols is 1. The largest absolute Gasteiger partial charge is 0.508 e. The van der Waals surface area contributed by atoms with Crippen LogP contribution in [0.1, 0.15) is 52.5 Å². The first-order valence-corrected chi connectivity index (χ1v) is 12.8. The van der Waals surface area contributed by atoms with Gasteiger partial charge in [-0.25, -0.2) is 4.79 Å². The summed E-state index contributed by atoms with van der Waals surface area (Å²) in [5, 5.41) is 62.7. The molecule has 0 amide bonds. The van der Waals surface area contributed by atoms with Gasteiger partial charge in [-0.1, -0.05) is 38.1 Å². The molecule has 0 unspecified atom stereocenters. The Labute approximate surface area is 222 Å². The molecule has 8 atom stereocenters. The van der Waals surface area contributed by atoms with Crippen molar-refractivity contribution in [1.82, 2.24) is 0 Å². The Hall–Kier alpha value is -2.31. The number of carbonyl (C=O) groups excluding carboxylic acids is 1. The predicted octanol–water partition coefficient (Wildman–Crippen LogP) is 1.41. The van der Waals surface area contributed by atoms with Crippen molar-refractivity contribution in [3.63, 3.8) is 0 Å². The molecule has 10 heteroatoms. The number of rotatable bonds is 8. The molecule has 1 heterocycles. The lowest BCUT2D eigenvalue weighted by Gasteiger charge is -2.57. The summed E-state index contributed by atoms with van der Waals surface area (Å²) in [6, 6.07) is 6.09. The molecule has 0 bridgehead atoms. The molecule has 0 aromatic heterocycles. The number of aliphatic hydroxyl groups excluding tert-OH is 4. The second kappa shape index (κ2) is 11.8. The maximum Gasteiger partial charge on any atom is 0.331 e. The van der Waals surface area contributed by atoms with Crippen LogP contribution in [0.5, 0.6) is 5.75 Å². The van der Waals surface area contributed by atoms with E-state index < -0.39 is 66.0 Å². The Morgan fingerprint density at radius 1 is 1.16 bits per heavy atom. The van der Waals surface area contributed by atoms with Gasteiger partial charge in [-0.05, 0) is 62.3 Å². The molecule has 212 valence electrons. The third kappa shape index (κ3) is 6.28. The second-order valence-electron chi connectivity index (χ2n) is 11.0. The van der Waals surface area contributed by atoms with Crippen molar-refractivity contribution in [2.75, 3.05) is 6.61 Å². The van der Waals surface area contributed by atoms with Crippen LogP contribution in [-0.2, 0) is 19.0 Å². The van der Waals surface area contributed by atoms with Crippen molar-refractivity contribution in [1.29, 1.82) is 0 Å². The Balaban J connectivity index is 1.77. The third-order valence-corrected chi connectivity index (χ3v) is 7.66. The number of phenolic OH excluding ortho intramolecular Hbond substituents is 1. The zero-order chi connectivity index (χ0) is 28.3. The van der Waals surface area contributed by atoms with Crippen molar-refractivity contribution in [2.24, 2.45) is 5.41 Å². The molecule has 1 aliphatic carbocycles. The fourth-order valence-corrected chi connectivity index (χ4v) is 5.27. The first kappa shape index (κ1) is 30.2. The van der Waals surface area contributed by atoms with E-state index in [1.54, 1.807) is 26.0 Å². The van der Waals surface area contributed by atoms with Gasteiger partial charge in [-0.3, -0.25) is 0 Å². The Morgan fingerprint density at radius 2 is 1.82 bits per heavy atom. The number of carbonyl (C=O) groups is 1. The summed E-state index contributed by atoms with van der Waals surface area (Å²) in [7, 11) is 0. The standard InChI is InChI=1S/C28H40O10/c1-17(30)12-15-28(35)26(2,3)13-5-14-27(28,4)38-25-23(34)22(33)24(20(16-29)36-25)37-21(32)11-8-18-6-9-19(31)10-7-18/h6-12,15,17,20,22-25,29-31,33-35H,5,13-14,16H2,1-4H3/t17-,20-,22-,23-,24-,25+,27-,28-/m1/s1. The Bertz CT molecular complexity index is 1000. The summed E-state index contributed by atoms with van der Waals surface area (Å²) in [6.07, 6.45) is -0.866. The number of hydrogen-bond acceptors (Lipinski definition) is 10. The molecule has 1 aromatic rings. The SMILES string of the molecule is C[C@@H](O)C=C[C@@]1(O)C(C)(C)CCC[C@@]1(C)O[C@@H]1O[C@H](CO)[C@@H](OC(=O)C=Cc2ccc(O)cc2)[C@H](O)[C@H]1O. The van der Waals surface area contributed by atoms with E-state index in [0.717, 1.165) is 6.08 Å². The van der Waals surface area contributed by atoms with E-state index >= 15 is 0 Å². The highest BCUT2D eigenvalue weighted by Crippen LogP contribution is 2.52. The van der Waals surface area contributed by atoms with Crippen LogP contribution >= 0.6 is 0 Å². The summed E-state index contributed by atoms with van der Waals surface area (Å²) in [5.41, 5.74) is -2.91. The number of ether oxygens (including phenoxy) is 3. The molecule has 3 rings (SSSR count). The number of benzene rings is 1. The van der Waals surface area contributed by atoms with Crippen molar-refractivity contribution in [3.05, 3.63) is 48.1 Å². The van der Waals surface area contributed by atoms with E-state index in [0.29, 0.717) is 24.8 Å². The second-order valence-corrected chi connectivity index (χ2v) is 11.0. The molecule has 1 aliphatic heterocycles. The first-order valence-electron chi connectivity index (χ1n) is 12.8. The van der Waals surface area contributed by atoms with Gasteiger partial charge in [0.05, 0.1) is 12.7 Å². The summed E-state index contributed by atoms with van der Waals surface area (Å²) < 4.78 is 17.3. The topological polar surface area (TPSA) is 166 Å². The summed E-state index contributed by atoms with van der Waals surface area (Å²) in [5.74, 6) is -0.763. The van der Waals surface area contributed by atoms with E-state index in [1.807, 2.05) is 13.8 Å². The highest BCUT2D eigenvalue weighted by Gasteiger charge is 2.60. The van der Waals surface area contributed by atoms with Crippen LogP contribution in [0.15, 0.2) is 42.5 Å². The quantitative estimate of drug-likeness (QED) is 0.162. The average molecular weight is 537 g/mol. The number of esters is 1. The minimum atomic E-state index is -1.66. The Morgan fingerprint density at radius 3 is 2.42 bits per heavy atom. The fourth-order valence-electron chi connectivity index (χ4n) is 5.27. The lowest BCUT2D eigenvalue weighted by atomic mass is 9.58. The minimum absolute atomic E-state index is 0.0758. The zero-order valence-corrected chi connectivity index (χ0v) is 22.2. The molecule has 2 aliphatic rings. The minimum Gasteiger partial charge on any atom is -0.508 e. The first-order chi connectivity index (χ1) is 17.7. The van der Waals surface area contributed by atoms with E-state index in [1.165, 1.54) is 30.4 Å². The highest BCUT2D eigenvalue weighted by molar-refractivity contribution is 5.87. The number of aromatic hydroxyl groups is 1. The van der Waals surface area contributed by atoms with Crippen LogP contribution < -0.4 is 0 Å². The third-order valence-electron chi connectivity index (χ3n) is 7.66. The summed E-state index contributed by atoms with van der Waals surface area (Å²) in [4.78, 5) is 12.4. The summed E-state index contributed by atoms with van der Waals surface area (Å²) in [6.45, 7) is 6.36. The molecule has 0 spiro atoms. The van der Waals surface area contributed by atoms with Crippen LogP contribution in [-0.4, -0.2) is 91.2 Å². The lowest BCUT2D eigenvalue weighted by Crippen LogP contribution is -2.67. The zero-order valence-electron chi connectivity index (χ0n) is 22.2. The summed E-state index contributed by atoms with van der Waals surface area (Å²) >= 11 is 0. The van der Waals surface area contributed by atoms with Gasteiger partial charge in [0.2, 0.25) is 0 Å². The van der Waals surface area contributed by atoms with Crippen LogP contribution in [0.3, 0.4) is 0 Å². The predicted molar refractivity (Wildman–Crippen MR) is 138 cm³/mol. The maximum atomic E-state index is 12.4. The van der Waals surface area contributed by atoms with E-state index in [2.05, 4.69) is 0 Å². The van der Waals surface area contributed by atoms with Gasteiger partial charge >= 0.3 is 5.97 Å². The van der Waals surface area contributed by atoms with E-state index in [9.17, 15) is 35.4 Å². The van der Waals surface area contributed by atoms with Crippen molar-refractivity contribution < 1.29 is 49.6 Å². The van der Waals surface area contributed by atoms with Crippen LogP contribution in [0.25, 0.3) is 6.08 Å². The molecule has 1 aromatic carbocycles. The van der Waals surface area contributed by atoms with Gasteiger partial charge in [0.25, 0.3) is 0 Å². The molecule has 2 fully saturated rings. The van der Waals surface area contributed by atoms with Gasteiger partial charge in [0.15, 0.2) is 12.4 Å². The van der Waals surface area contributed by atoms with Gasteiger partial charge in [-0.2, -0.15) is 0 Å². The fraction of sp³-hybridized carbons (Fsp3) is 0.607. The van der Waals surface area contributed by atoms with Gasteiger partial charge in [0, 0.05) is 6.08 Å².